The van der Waals surface area contributed by atoms with E-state index in [0.717, 1.165) is 37.0 Å². The number of guanidine groups is 1. The molecule has 1 unspecified atom stereocenters. The van der Waals surface area contributed by atoms with E-state index >= 15 is 0 Å². The van der Waals surface area contributed by atoms with Crippen molar-refractivity contribution in [3.63, 3.8) is 0 Å². The molecule has 1 aromatic carbocycles. The Balaban J connectivity index is 0.00000420. The third kappa shape index (κ3) is 7.24. The van der Waals surface area contributed by atoms with E-state index < -0.39 is 0 Å². The number of ether oxygens (including phenoxy) is 2. The molecule has 1 heterocycles. The Bertz CT molecular complexity index is 681. The van der Waals surface area contributed by atoms with Gasteiger partial charge in [-0.1, -0.05) is 20.8 Å². The van der Waals surface area contributed by atoms with Crippen LogP contribution in [-0.4, -0.2) is 64.2 Å². The molecular formula is C21H35IN4O3. The van der Waals surface area contributed by atoms with Gasteiger partial charge >= 0.3 is 0 Å². The summed E-state index contributed by atoms with van der Waals surface area (Å²) >= 11 is 0. The van der Waals surface area contributed by atoms with Crippen LogP contribution in [0.25, 0.3) is 0 Å². The van der Waals surface area contributed by atoms with Crippen LogP contribution in [0.15, 0.2) is 23.2 Å². The Labute approximate surface area is 191 Å². The maximum atomic E-state index is 11.9. The van der Waals surface area contributed by atoms with E-state index in [4.69, 9.17) is 9.47 Å². The van der Waals surface area contributed by atoms with Gasteiger partial charge in [0.05, 0.1) is 14.2 Å². The van der Waals surface area contributed by atoms with E-state index in [1.54, 1.807) is 21.3 Å². The van der Waals surface area contributed by atoms with Gasteiger partial charge < -0.3 is 25.0 Å². The van der Waals surface area contributed by atoms with E-state index in [-0.39, 0.29) is 35.3 Å². The number of hydrogen-bond acceptors (Lipinski definition) is 4. The lowest BCUT2D eigenvalue weighted by molar-refractivity contribution is -0.128. The summed E-state index contributed by atoms with van der Waals surface area (Å²) in [5.41, 5.74) is 0.841. The number of carbonyl (C=O) groups is 1. The Morgan fingerprint density at radius 3 is 2.24 bits per heavy atom. The average molecular weight is 518 g/mol. The molecule has 0 aromatic heterocycles. The number of likely N-dealkylation sites (tertiary alicyclic amines) is 1. The van der Waals surface area contributed by atoms with Gasteiger partial charge in [0.2, 0.25) is 5.91 Å². The summed E-state index contributed by atoms with van der Waals surface area (Å²) in [4.78, 5) is 18.6. The molecule has 1 atom stereocenters. The van der Waals surface area contributed by atoms with Crippen molar-refractivity contribution in [1.82, 2.24) is 15.5 Å². The zero-order valence-corrected chi connectivity index (χ0v) is 20.7. The first-order valence-electron chi connectivity index (χ1n) is 9.75. The fourth-order valence-corrected chi connectivity index (χ4v) is 3.24. The summed E-state index contributed by atoms with van der Waals surface area (Å²) in [6.45, 7) is 8.75. The molecule has 1 amide bonds. The fourth-order valence-electron chi connectivity index (χ4n) is 3.24. The Kier molecular flexibility index (Phi) is 10.0. The first-order valence-corrected chi connectivity index (χ1v) is 9.75. The number of nitrogens with zero attached hydrogens (tertiary/aromatic N) is 2. The van der Waals surface area contributed by atoms with Crippen LogP contribution in [0.5, 0.6) is 11.5 Å². The number of carbonyl (C=O) groups excluding carboxylic acids is 1. The summed E-state index contributed by atoms with van der Waals surface area (Å²) in [6, 6.07) is 6.05. The highest BCUT2D eigenvalue weighted by atomic mass is 127. The highest BCUT2D eigenvalue weighted by molar-refractivity contribution is 14.0. The van der Waals surface area contributed by atoms with Crippen molar-refractivity contribution in [3.05, 3.63) is 23.8 Å². The van der Waals surface area contributed by atoms with Gasteiger partial charge in [0.25, 0.3) is 0 Å². The first kappa shape index (κ1) is 25.3. The van der Waals surface area contributed by atoms with Gasteiger partial charge in [-0.2, -0.15) is 0 Å². The normalized spacial score (nSPS) is 16.8. The molecule has 2 N–H and O–H groups in total. The van der Waals surface area contributed by atoms with Gasteiger partial charge in [-0.3, -0.25) is 9.79 Å². The van der Waals surface area contributed by atoms with Crippen LogP contribution in [-0.2, 0) is 4.79 Å². The molecule has 0 bridgehead atoms. The molecule has 0 spiro atoms. The average Bonchev–Trinajstić information content (AvgIpc) is 3.16. The van der Waals surface area contributed by atoms with Crippen LogP contribution in [0.1, 0.15) is 38.7 Å². The van der Waals surface area contributed by atoms with E-state index in [9.17, 15) is 4.79 Å². The zero-order chi connectivity index (χ0) is 20.7. The molecule has 1 aliphatic rings. The van der Waals surface area contributed by atoms with Gasteiger partial charge in [0.15, 0.2) is 5.96 Å². The van der Waals surface area contributed by atoms with E-state index in [1.165, 1.54) is 5.56 Å². The van der Waals surface area contributed by atoms with Crippen molar-refractivity contribution < 1.29 is 14.3 Å². The van der Waals surface area contributed by atoms with Crippen molar-refractivity contribution in [2.24, 2.45) is 10.4 Å². The van der Waals surface area contributed by atoms with Gasteiger partial charge in [-0.15, -0.1) is 24.0 Å². The largest absolute Gasteiger partial charge is 0.497 e. The van der Waals surface area contributed by atoms with Crippen LogP contribution in [0.2, 0.25) is 0 Å². The molecular weight excluding hydrogens is 483 g/mol. The van der Waals surface area contributed by atoms with Crippen molar-refractivity contribution in [3.8, 4) is 11.5 Å². The Morgan fingerprint density at radius 2 is 1.72 bits per heavy atom. The topological polar surface area (TPSA) is 75.2 Å². The maximum Gasteiger partial charge on any atom is 0.225 e. The summed E-state index contributed by atoms with van der Waals surface area (Å²) in [5.74, 6) is 2.93. The minimum Gasteiger partial charge on any atom is -0.497 e. The van der Waals surface area contributed by atoms with Crippen molar-refractivity contribution in [2.75, 3.05) is 47.4 Å². The standard InChI is InChI=1S/C21H34N4O3.HI/c1-21(2,3)19(26)23-8-9-24-20(22-4)25-10-7-15(14-25)16-11-17(27-5)13-18(12-16)28-6;/h11-13,15H,7-10,14H2,1-6H3,(H,22,24)(H,23,26);1H. The molecule has 1 saturated heterocycles. The second-order valence-corrected chi connectivity index (χ2v) is 8.06. The number of methoxy groups -OCH3 is 2. The molecule has 8 heteroatoms. The minimum atomic E-state index is -0.373. The molecule has 164 valence electrons. The van der Waals surface area contributed by atoms with Crippen molar-refractivity contribution in [1.29, 1.82) is 0 Å². The lowest BCUT2D eigenvalue weighted by atomic mass is 9.96. The second kappa shape index (κ2) is 11.5. The monoisotopic (exact) mass is 518 g/mol. The molecule has 0 saturated carbocycles. The van der Waals surface area contributed by atoms with Gasteiger partial charge in [-0.05, 0) is 24.1 Å². The molecule has 2 rings (SSSR count). The van der Waals surface area contributed by atoms with Crippen molar-refractivity contribution in [2.45, 2.75) is 33.1 Å². The number of nitrogens with one attached hydrogen (secondary N) is 2. The minimum absolute atomic E-state index is 0. The summed E-state index contributed by atoms with van der Waals surface area (Å²) in [6.07, 6.45) is 1.04. The quantitative estimate of drug-likeness (QED) is 0.262. The predicted octanol–water partition coefficient (Wildman–Crippen LogP) is 2.85. The molecule has 29 heavy (non-hydrogen) atoms. The van der Waals surface area contributed by atoms with Gasteiger partial charge in [0.1, 0.15) is 11.5 Å². The number of aliphatic imine (C=N–C) groups is 1. The molecule has 0 radical (unpaired) electrons. The van der Waals surface area contributed by atoms with Crippen LogP contribution in [0, 0.1) is 5.41 Å². The lowest BCUT2D eigenvalue weighted by Crippen LogP contribution is -2.44. The third-order valence-corrected chi connectivity index (χ3v) is 4.92. The summed E-state index contributed by atoms with van der Waals surface area (Å²) in [5, 5.41) is 6.30. The number of amides is 1. The summed E-state index contributed by atoms with van der Waals surface area (Å²) in [7, 11) is 5.13. The van der Waals surface area contributed by atoms with Crippen molar-refractivity contribution >= 4 is 35.8 Å². The van der Waals surface area contributed by atoms with Crippen LogP contribution in [0.3, 0.4) is 0 Å². The fraction of sp³-hybridized carbons (Fsp3) is 0.619. The smallest absolute Gasteiger partial charge is 0.225 e. The van der Waals surface area contributed by atoms with E-state index in [0.29, 0.717) is 19.0 Å². The summed E-state index contributed by atoms with van der Waals surface area (Å²) < 4.78 is 10.8. The Morgan fingerprint density at radius 1 is 1.14 bits per heavy atom. The highest BCUT2D eigenvalue weighted by Crippen LogP contribution is 2.32. The number of halogens is 1. The first-order chi connectivity index (χ1) is 13.3. The highest BCUT2D eigenvalue weighted by Gasteiger charge is 2.27. The molecule has 0 aliphatic carbocycles. The Hall–Kier alpha value is -1.71. The van der Waals surface area contributed by atoms with Gasteiger partial charge in [-0.25, -0.2) is 0 Å². The molecule has 7 nitrogen and oxygen atoms in total. The maximum absolute atomic E-state index is 11.9. The van der Waals surface area contributed by atoms with E-state index in [2.05, 4.69) is 32.7 Å². The van der Waals surface area contributed by atoms with Gasteiger partial charge in [0, 0.05) is 50.6 Å². The lowest BCUT2D eigenvalue weighted by Gasteiger charge is -2.23. The van der Waals surface area contributed by atoms with Crippen LogP contribution >= 0.6 is 24.0 Å². The SMILES string of the molecule is CN=C(NCCNC(=O)C(C)(C)C)N1CCC(c2cc(OC)cc(OC)c2)C1.I. The zero-order valence-electron chi connectivity index (χ0n) is 18.4. The van der Waals surface area contributed by atoms with Crippen LogP contribution < -0.4 is 20.1 Å². The predicted molar refractivity (Wildman–Crippen MR) is 128 cm³/mol. The van der Waals surface area contributed by atoms with Crippen LogP contribution in [0.4, 0.5) is 0 Å². The number of benzene rings is 1. The second-order valence-electron chi connectivity index (χ2n) is 8.06. The van der Waals surface area contributed by atoms with E-state index in [1.807, 2.05) is 26.8 Å². The molecule has 1 aromatic rings. The molecule has 1 fully saturated rings. The third-order valence-electron chi connectivity index (χ3n) is 4.92. The number of rotatable bonds is 6. The number of hydrogen-bond donors (Lipinski definition) is 2. The molecule has 1 aliphatic heterocycles.